The number of rotatable bonds is 3. The van der Waals surface area contributed by atoms with Crippen LogP contribution in [0.5, 0.6) is 0 Å². The number of Topliss-reactive ketones (excluding diaryl/α,β-unsaturated/α-hetero) is 1. The summed E-state index contributed by atoms with van der Waals surface area (Å²) in [6.07, 6.45) is 0. The van der Waals surface area contributed by atoms with Crippen LogP contribution in [0.25, 0.3) is 5.76 Å². The smallest absolute Gasteiger partial charge is 0.300 e. The molecule has 1 fully saturated rings. The first kappa shape index (κ1) is 19.9. The third-order valence-electron chi connectivity index (χ3n) is 5.13. The number of benzene rings is 3. The Kier molecular flexibility index (Phi) is 5.14. The second-order valence-electron chi connectivity index (χ2n) is 6.99. The summed E-state index contributed by atoms with van der Waals surface area (Å²) in [4.78, 5) is 27.2. The molecule has 1 N–H and O–H groups in total. The molecule has 0 aliphatic carbocycles. The first-order valence-electron chi connectivity index (χ1n) is 9.27. The minimum absolute atomic E-state index is 0.103. The number of carbonyl (C=O) groups excluding carboxylic acids is 2. The molecule has 4 rings (SSSR count). The molecule has 30 heavy (non-hydrogen) atoms. The van der Waals surface area contributed by atoms with E-state index >= 15 is 0 Å². The van der Waals surface area contributed by atoms with Crippen LogP contribution < -0.4 is 4.90 Å². The van der Waals surface area contributed by atoms with E-state index in [0.717, 1.165) is 5.56 Å². The number of hydrogen-bond donors (Lipinski definition) is 1. The predicted molar refractivity (Wildman–Crippen MR) is 114 cm³/mol. The van der Waals surface area contributed by atoms with Gasteiger partial charge in [0.2, 0.25) is 0 Å². The van der Waals surface area contributed by atoms with Crippen LogP contribution in [-0.4, -0.2) is 16.8 Å². The first-order valence-corrected chi connectivity index (χ1v) is 9.65. The maximum Gasteiger partial charge on any atom is 0.300 e. The van der Waals surface area contributed by atoms with Crippen LogP contribution in [0.3, 0.4) is 0 Å². The summed E-state index contributed by atoms with van der Waals surface area (Å²) in [7, 11) is 0. The Morgan fingerprint density at radius 1 is 1.00 bits per heavy atom. The molecular weight excluding hydrogens is 405 g/mol. The van der Waals surface area contributed by atoms with Crippen molar-refractivity contribution in [2.75, 3.05) is 4.90 Å². The van der Waals surface area contributed by atoms with E-state index < -0.39 is 23.5 Å². The molecule has 0 aromatic heterocycles. The molecule has 0 unspecified atom stereocenters. The van der Waals surface area contributed by atoms with Gasteiger partial charge < -0.3 is 5.11 Å². The minimum Gasteiger partial charge on any atom is -0.507 e. The van der Waals surface area contributed by atoms with Crippen molar-refractivity contribution < 1.29 is 19.1 Å². The fourth-order valence-electron chi connectivity index (χ4n) is 3.57. The summed E-state index contributed by atoms with van der Waals surface area (Å²) in [5, 5.41) is 11.3. The molecule has 1 atom stereocenters. The molecule has 0 radical (unpaired) electrons. The number of aryl methyl sites for hydroxylation is 1. The van der Waals surface area contributed by atoms with Crippen LogP contribution in [-0.2, 0) is 9.59 Å². The molecule has 1 saturated heterocycles. The van der Waals surface area contributed by atoms with E-state index in [0.29, 0.717) is 16.3 Å². The lowest BCUT2D eigenvalue weighted by Crippen LogP contribution is -2.29. The fraction of sp³-hybridized carbons (Fsp3) is 0.0833. The van der Waals surface area contributed by atoms with Crippen molar-refractivity contribution >= 4 is 34.7 Å². The van der Waals surface area contributed by atoms with Crippen LogP contribution in [0.2, 0.25) is 5.02 Å². The normalized spacial score (nSPS) is 18.1. The number of aliphatic hydroxyl groups is 1. The number of nitrogens with zero attached hydrogens (tertiary/aromatic N) is 1. The van der Waals surface area contributed by atoms with Gasteiger partial charge >= 0.3 is 0 Å². The second-order valence-corrected chi connectivity index (χ2v) is 7.40. The van der Waals surface area contributed by atoms with Crippen molar-refractivity contribution in [3.05, 3.63) is 106 Å². The molecule has 1 amide bonds. The molecule has 0 bridgehead atoms. The van der Waals surface area contributed by atoms with Crippen LogP contribution in [0.15, 0.2) is 78.4 Å². The molecule has 0 saturated carbocycles. The van der Waals surface area contributed by atoms with E-state index in [1.165, 1.54) is 23.1 Å². The lowest BCUT2D eigenvalue weighted by atomic mass is 9.94. The molecule has 4 nitrogen and oxygen atoms in total. The monoisotopic (exact) mass is 421 g/mol. The number of halogens is 2. The Labute approximate surface area is 177 Å². The first-order chi connectivity index (χ1) is 14.4. The third kappa shape index (κ3) is 3.27. The van der Waals surface area contributed by atoms with E-state index in [4.69, 9.17) is 11.6 Å². The fourth-order valence-corrected chi connectivity index (χ4v) is 3.75. The van der Waals surface area contributed by atoms with E-state index in [1.807, 2.05) is 6.92 Å². The third-order valence-corrected chi connectivity index (χ3v) is 5.53. The van der Waals surface area contributed by atoms with Crippen molar-refractivity contribution in [1.29, 1.82) is 0 Å². The number of amides is 1. The maximum atomic E-state index is 14.8. The van der Waals surface area contributed by atoms with E-state index in [-0.39, 0.29) is 16.9 Å². The van der Waals surface area contributed by atoms with Crippen molar-refractivity contribution in [3.8, 4) is 0 Å². The molecular formula is C24H17ClFNO3. The van der Waals surface area contributed by atoms with E-state index in [9.17, 15) is 19.1 Å². The molecule has 1 heterocycles. The molecule has 1 aliphatic rings. The number of aliphatic hydroxyl groups excluding tert-OH is 1. The van der Waals surface area contributed by atoms with Gasteiger partial charge in [0, 0.05) is 21.8 Å². The van der Waals surface area contributed by atoms with Crippen molar-refractivity contribution in [3.63, 3.8) is 0 Å². The average Bonchev–Trinajstić information content (AvgIpc) is 3.01. The van der Waals surface area contributed by atoms with Gasteiger partial charge in [-0.1, -0.05) is 66.2 Å². The highest BCUT2D eigenvalue weighted by molar-refractivity contribution is 6.51. The Morgan fingerprint density at radius 2 is 1.67 bits per heavy atom. The van der Waals surface area contributed by atoms with E-state index in [2.05, 4.69) is 0 Å². The zero-order chi connectivity index (χ0) is 21.4. The van der Waals surface area contributed by atoms with Crippen LogP contribution in [0.4, 0.5) is 10.1 Å². The summed E-state index contributed by atoms with van der Waals surface area (Å²) < 4.78 is 14.8. The van der Waals surface area contributed by atoms with Gasteiger partial charge in [0.25, 0.3) is 11.7 Å². The zero-order valence-corrected chi connectivity index (χ0v) is 16.7. The van der Waals surface area contributed by atoms with Crippen molar-refractivity contribution in [2.45, 2.75) is 13.0 Å². The lowest BCUT2D eigenvalue weighted by molar-refractivity contribution is -0.132. The van der Waals surface area contributed by atoms with Gasteiger partial charge in [-0.2, -0.15) is 0 Å². The van der Waals surface area contributed by atoms with Gasteiger partial charge in [-0.25, -0.2) is 4.39 Å². The quantitative estimate of drug-likeness (QED) is 0.349. The Bertz CT molecular complexity index is 1190. The predicted octanol–water partition coefficient (Wildman–Crippen LogP) is 5.41. The number of hydrogen-bond acceptors (Lipinski definition) is 3. The van der Waals surface area contributed by atoms with Crippen LogP contribution in [0.1, 0.15) is 22.7 Å². The van der Waals surface area contributed by atoms with Crippen molar-refractivity contribution in [1.82, 2.24) is 0 Å². The van der Waals surface area contributed by atoms with Gasteiger partial charge in [0.1, 0.15) is 11.6 Å². The Morgan fingerprint density at radius 3 is 2.33 bits per heavy atom. The average molecular weight is 422 g/mol. The van der Waals surface area contributed by atoms with Gasteiger partial charge in [-0.05, 0) is 30.7 Å². The highest BCUT2D eigenvalue weighted by atomic mass is 35.5. The summed E-state index contributed by atoms with van der Waals surface area (Å²) in [5.74, 6) is -2.70. The SMILES string of the molecule is Cc1ccc(N2C(=O)C(=O)/C(=C(/O)c3ccccc3)[C@@H]2c2ccccc2F)cc1Cl. The lowest BCUT2D eigenvalue weighted by Gasteiger charge is -2.26. The zero-order valence-electron chi connectivity index (χ0n) is 16.0. The van der Waals surface area contributed by atoms with Gasteiger partial charge in [-0.3, -0.25) is 14.5 Å². The standard InChI is InChI=1S/C24H17ClFNO3/c1-14-11-12-16(13-18(14)25)27-21(17-9-5-6-10-19(17)26)20(23(29)24(27)30)22(28)15-7-3-2-4-8-15/h2-13,21,28H,1H3/b22-20+/t21-/m0/s1. The van der Waals surface area contributed by atoms with Crippen LogP contribution >= 0.6 is 11.6 Å². The molecule has 1 aliphatic heterocycles. The number of carbonyl (C=O) groups is 2. The molecule has 0 spiro atoms. The second kappa shape index (κ2) is 7.76. The minimum atomic E-state index is -1.13. The number of ketones is 1. The van der Waals surface area contributed by atoms with Gasteiger partial charge in [0.05, 0.1) is 11.6 Å². The Balaban J connectivity index is 1.99. The maximum absolute atomic E-state index is 14.8. The van der Waals surface area contributed by atoms with Crippen molar-refractivity contribution in [2.24, 2.45) is 0 Å². The molecule has 3 aromatic rings. The molecule has 6 heteroatoms. The largest absolute Gasteiger partial charge is 0.507 e. The summed E-state index contributed by atoms with van der Waals surface area (Å²) in [6.45, 7) is 1.81. The molecule has 3 aromatic carbocycles. The highest BCUT2D eigenvalue weighted by Crippen LogP contribution is 2.43. The van der Waals surface area contributed by atoms with Gasteiger partial charge in [-0.15, -0.1) is 0 Å². The summed E-state index contributed by atoms with van der Waals surface area (Å²) in [6, 6.07) is 18.0. The number of anilines is 1. The van der Waals surface area contributed by atoms with E-state index in [1.54, 1.807) is 54.6 Å². The van der Waals surface area contributed by atoms with Crippen LogP contribution in [0, 0.1) is 12.7 Å². The molecule has 150 valence electrons. The summed E-state index contributed by atoms with van der Waals surface area (Å²) in [5.41, 5.74) is 1.43. The summed E-state index contributed by atoms with van der Waals surface area (Å²) >= 11 is 6.24. The topological polar surface area (TPSA) is 57.6 Å². The Hall–Kier alpha value is -3.44. The van der Waals surface area contributed by atoms with Gasteiger partial charge in [0.15, 0.2) is 0 Å². The highest BCUT2D eigenvalue weighted by Gasteiger charge is 2.47.